The molecule has 0 radical (unpaired) electrons. The van der Waals surface area contributed by atoms with E-state index in [1.165, 1.54) is 28.8 Å². The van der Waals surface area contributed by atoms with Gasteiger partial charge in [-0.3, -0.25) is 9.69 Å². The van der Waals surface area contributed by atoms with Crippen molar-refractivity contribution in [1.82, 2.24) is 0 Å². The summed E-state index contributed by atoms with van der Waals surface area (Å²) in [5.74, 6) is -0.675. The van der Waals surface area contributed by atoms with Crippen LogP contribution in [0.5, 0.6) is 5.75 Å². The zero-order valence-electron chi connectivity index (χ0n) is 16.5. The van der Waals surface area contributed by atoms with Crippen LogP contribution in [0.3, 0.4) is 0 Å². The highest BCUT2D eigenvalue weighted by Crippen LogP contribution is 2.36. The van der Waals surface area contributed by atoms with E-state index in [1.54, 1.807) is 18.2 Å². The number of amides is 1. The average Bonchev–Trinajstić information content (AvgIpc) is 3.07. The van der Waals surface area contributed by atoms with E-state index in [9.17, 15) is 14.7 Å². The van der Waals surface area contributed by atoms with Gasteiger partial charge in [0.05, 0.1) is 16.2 Å². The molecule has 1 amide bonds. The second kappa shape index (κ2) is 9.56. The summed E-state index contributed by atoms with van der Waals surface area (Å²) in [5.41, 5.74) is 2.23. The smallest absolute Gasteiger partial charge is 0.335 e. The van der Waals surface area contributed by atoms with Gasteiger partial charge in [0.1, 0.15) is 12.4 Å². The molecule has 5 nitrogen and oxygen atoms in total. The van der Waals surface area contributed by atoms with Crippen LogP contribution >= 0.6 is 35.6 Å². The molecule has 1 N–H and O–H groups in total. The molecule has 1 aliphatic rings. The summed E-state index contributed by atoms with van der Waals surface area (Å²) < 4.78 is 6.14. The lowest BCUT2D eigenvalue weighted by molar-refractivity contribution is -0.113. The van der Waals surface area contributed by atoms with E-state index in [0.29, 0.717) is 32.3 Å². The summed E-state index contributed by atoms with van der Waals surface area (Å²) in [4.78, 5) is 26.0. The van der Waals surface area contributed by atoms with Gasteiger partial charge in [0.25, 0.3) is 5.91 Å². The zero-order chi connectivity index (χ0) is 22.7. The highest BCUT2D eigenvalue weighted by molar-refractivity contribution is 8.27. The van der Waals surface area contributed by atoms with Crippen molar-refractivity contribution in [1.29, 1.82) is 0 Å². The van der Waals surface area contributed by atoms with Gasteiger partial charge in [0, 0.05) is 10.6 Å². The number of hydrogen-bond donors (Lipinski definition) is 1. The number of thioether (sulfide) groups is 1. The van der Waals surface area contributed by atoms with Crippen LogP contribution in [0.1, 0.15) is 21.5 Å². The van der Waals surface area contributed by atoms with Crippen LogP contribution in [-0.2, 0) is 11.4 Å². The van der Waals surface area contributed by atoms with Crippen molar-refractivity contribution < 1.29 is 19.4 Å². The monoisotopic (exact) mass is 481 g/mol. The van der Waals surface area contributed by atoms with Crippen molar-refractivity contribution in [2.24, 2.45) is 0 Å². The van der Waals surface area contributed by atoms with E-state index in [-0.39, 0.29) is 11.5 Å². The molecule has 1 saturated heterocycles. The number of carbonyl (C=O) groups excluding carboxylic acids is 1. The Hall–Kier alpha value is -3.13. The van der Waals surface area contributed by atoms with Gasteiger partial charge < -0.3 is 9.84 Å². The first-order valence-corrected chi connectivity index (χ1v) is 11.1. The number of halogens is 1. The second-order valence-corrected chi connectivity index (χ2v) is 8.90. The number of rotatable bonds is 6. The fourth-order valence-corrected chi connectivity index (χ4v) is 4.55. The summed E-state index contributed by atoms with van der Waals surface area (Å²) in [6.45, 7) is 0.354. The van der Waals surface area contributed by atoms with E-state index in [4.69, 9.17) is 28.6 Å². The Morgan fingerprint density at radius 1 is 1.09 bits per heavy atom. The quantitative estimate of drug-likeness (QED) is 0.343. The fraction of sp³-hybridized carbons (Fsp3) is 0.0417. The average molecular weight is 482 g/mol. The van der Waals surface area contributed by atoms with E-state index in [2.05, 4.69) is 0 Å². The highest BCUT2D eigenvalue weighted by Gasteiger charge is 2.33. The maximum absolute atomic E-state index is 12.9. The Kier molecular flexibility index (Phi) is 6.60. The number of thiocarbonyl (C=S) groups is 1. The molecule has 3 aromatic carbocycles. The maximum Gasteiger partial charge on any atom is 0.335 e. The van der Waals surface area contributed by atoms with Crippen molar-refractivity contribution in [3.05, 3.63) is 99.4 Å². The molecule has 0 atom stereocenters. The van der Waals surface area contributed by atoms with E-state index < -0.39 is 5.97 Å². The SMILES string of the molecule is O=C(O)c1cccc(N2C(=O)/C(=C\c3ccc(OCc4ccccc4Cl)cc3)SC2=S)c1. The Bertz CT molecular complexity index is 1240. The molecular formula is C24H16ClNO4S2. The molecule has 0 bridgehead atoms. The summed E-state index contributed by atoms with van der Waals surface area (Å²) >= 11 is 12.7. The van der Waals surface area contributed by atoms with Crippen LogP contribution in [0.2, 0.25) is 5.02 Å². The van der Waals surface area contributed by atoms with Crippen molar-refractivity contribution in [3.8, 4) is 5.75 Å². The molecule has 1 aliphatic heterocycles. The van der Waals surface area contributed by atoms with Crippen molar-refractivity contribution in [2.45, 2.75) is 6.61 Å². The van der Waals surface area contributed by atoms with Gasteiger partial charge >= 0.3 is 5.97 Å². The summed E-state index contributed by atoms with van der Waals surface area (Å²) in [7, 11) is 0. The predicted molar refractivity (Wildman–Crippen MR) is 131 cm³/mol. The first-order valence-electron chi connectivity index (χ1n) is 9.50. The Labute approximate surface area is 199 Å². The van der Waals surface area contributed by atoms with Gasteiger partial charge in [0.2, 0.25) is 0 Å². The largest absolute Gasteiger partial charge is 0.489 e. The van der Waals surface area contributed by atoms with Crippen LogP contribution in [-0.4, -0.2) is 21.3 Å². The minimum atomic E-state index is -1.07. The molecule has 3 aromatic rings. The fourth-order valence-electron chi connectivity index (χ4n) is 3.06. The molecular weight excluding hydrogens is 466 g/mol. The number of benzene rings is 3. The Morgan fingerprint density at radius 2 is 1.84 bits per heavy atom. The van der Waals surface area contributed by atoms with Gasteiger partial charge in [-0.15, -0.1) is 0 Å². The number of anilines is 1. The Morgan fingerprint density at radius 3 is 2.56 bits per heavy atom. The zero-order valence-corrected chi connectivity index (χ0v) is 18.9. The number of carboxylic acids is 1. The summed E-state index contributed by atoms with van der Waals surface area (Å²) in [6, 6.07) is 21.0. The number of carbonyl (C=O) groups is 2. The molecule has 0 aromatic heterocycles. The van der Waals surface area contributed by atoms with E-state index >= 15 is 0 Å². The van der Waals surface area contributed by atoms with Gasteiger partial charge in [-0.2, -0.15) is 0 Å². The highest BCUT2D eigenvalue weighted by atomic mass is 35.5. The minimum Gasteiger partial charge on any atom is -0.489 e. The molecule has 32 heavy (non-hydrogen) atoms. The topological polar surface area (TPSA) is 66.8 Å². The molecule has 0 unspecified atom stereocenters. The second-order valence-electron chi connectivity index (χ2n) is 6.82. The molecule has 8 heteroatoms. The molecule has 0 spiro atoms. The predicted octanol–water partition coefficient (Wildman–Crippen LogP) is 6.02. The summed E-state index contributed by atoms with van der Waals surface area (Å²) in [5, 5.41) is 9.85. The van der Waals surface area contributed by atoms with Gasteiger partial charge in [-0.1, -0.05) is 72.0 Å². The molecule has 0 aliphatic carbocycles. The van der Waals surface area contributed by atoms with Crippen LogP contribution in [0.15, 0.2) is 77.7 Å². The number of carboxylic acid groups (broad SMARTS) is 1. The summed E-state index contributed by atoms with van der Waals surface area (Å²) in [6.07, 6.45) is 1.75. The van der Waals surface area contributed by atoms with Crippen molar-refractivity contribution in [2.75, 3.05) is 4.90 Å². The van der Waals surface area contributed by atoms with Crippen molar-refractivity contribution in [3.63, 3.8) is 0 Å². The van der Waals surface area contributed by atoms with Crippen LogP contribution < -0.4 is 9.64 Å². The van der Waals surface area contributed by atoms with Crippen molar-refractivity contribution >= 4 is 63.5 Å². The molecule has 1 fully saturated rings. The van der Waals surface area contributed by atoms with Gasteiger partial charge in [-0.25, -0.2) is 4.79 Å². The third-order valence-electron chi connectivity index (χ3n) is 4.68. The first-order chi connectivity index (χ1) is 15.4. The number of aromatic carboxylic acids is 1. The standard InChI is InChI=1S/C24H16ClNO4S2/c25-20-7-2-1-4-17(20)14-30-19-10-8-15(9-11-19)12-21-22(27)26(24(31)32-21)18-6-3-5-16(13-18)23(28)29/h1-13H,14H2,(H,28,29)/b21-12+. The molecule has 0 saturated carbocycles. The number of hydrogen-bond acceptors (Lipinski definition) is 5. The molecule has 160 valence electrons. The maximum atomic E-state index is 12.9. The molecule has 4 rings (SSSR count). The lowest BCUT2D eigenvalue weighted by Crippen LogP contribution is -2.27. The molecule has 1 heterocycles. The minimum absolute atomic E-state index is 0.0907. The normalized spacial score (nSPS) is 14.8. The van der Waals surface area contributed by atoms with Crippen LogP contribution in [0, 0.1) is 0 Å². The third-order valence-corrected chi connectivity index (χ3v) is 6.35. The lowest BCUT2D eigenvalue weighted by Gasteiger charge is -2.14. The number of nitrogens with zero attached hydrogens (tertiary/aromatic N) is 1. The van der Waals surface area contributed by atoms with E-state index in [0.717, 1.165) is 11.1 Å². The van der Waals surface area contributed by atoms with Gasteiger partial charge in [-0.05, 0) is 48.0 Å². The van der Waals surface area contributed by atoms with Gasteiger partial charge in [0.15, 0.2) is 4.32 Å². The third kappa shape index (κ3) is 4.85. The first kappa shape index (κ1) is 22.1. The van der Waals surface area contributed by atoms with Crippen LogP contribution in [0.25, 0.3) is 6.08 Å². The number of ether oxygens (including phenoxy) is 1. The van der Waals surface area contributed by atoms with Crippen LogP contribution in [0.4, 0.5) is 5.69 Å². The lowest BCUT2D eigenvalue weighted by atomic mass is 10.1. The van der Waals surface area contributed by atoms with E-state index in [1.807, 2.05) is 48.5 Å². The Balaban J connectivity index is 1.47.